The third kappa shape index (κ3) is 3.00. The van der Waals surface area contributed by atoms with E-state index in [2.05, 4.69) is 22.6 Å². The smallest absolute Gasteiger partial charge is 0.106 e. The molecule has 0 aromatic carbocycles. The van der Waals surface area contributed by atoms with Crippen molar-refractivity contribution in [3.63, 3.8) is 0 Å². The van der Waals surface area contributed by atoms with Crippen molar-refractivity contribution in [1.82, 2.24) is 20.3 Å². The molecule has 1 unspecified atom stereocenters. The first kappa shape index (κ1) is 12.1. The van der Waals surface area contributed by atoms with Crippen LogP contribution < -0.4 is 5.32 Å². The first-order valence-corrected chi connectivity index (χ1v) is 5.37. The summed E-state index contributed by atoms with van der Waals surface area (Å²) in [5, 5.41) is 21.1. The van der Waals surface area contributed by atoms with Gasteiger partial charge in [0, 0.05) is 6.54 Å². The zero-order valence-electron chi connectivity index (χ0n) is 9.69. The Morgan fingerprint density at radius 2 is 2.33 bits per heavy atom. The molecule has 0 amide bonds. The van der Waals surface area contributed by atoms with E-state index >= 15 is 0 Å². The summed E-state index contributed by atoms with van der Waals surface area (Å²) in [5.41, 5.74) is -0.0681. The highest BCUT2D eigenvalue weighted by Gasteiger charge is 2.26. The van der Waals surface area contributed by atoms with Crippen LogP contribution in [0.25, 0.3) is 0 Å². The molecule has 0 aliphatic carbocycles. The maximum atomic E-state index is 10.3. The van der Waals surface area contributed by atoms with Crippen molar-refractivity contribution in [1.29, 1.82) is 0 Å². The fourth-order valence-corrected chi connectivity index (χ4v) is 1.55. The Kier molecular flexibility index (Phi) is 4.23. The molecule has 0 bridgehead atoms. The second-order valence-corrected chi connectivity index (χ2v) is 3.97. The summed E-state index contributed by atoms with van der Waals surface area (Å²) in [7, 11) is 1.87. The molecule has 86 valence electrons. The van der Waals surface area contributed by atoms with E-state index in [1.54, 1.807) is 17.8 Å². The molecule has 5 nitrogen and oxygen atoms in total. The van der Waals surface area contributed by atoms with Gasteiger partial charge in [-0.15, -0.1) is 5.10 Å². The molecule has 0 aliphatic heterocycles. The van der Waals surface area contributed by atoms with Crippen molar-refractivity contribution in [2.24, 2.45) is 0 Å². The van der Waals surface area contributed by atoms with Gasteiger partial charge in [0.2, 0.25) is 0 Å². The van der Waals surface area contributed by atoms with Crippen molar-refractivity contribution in [2.75, 3.05) is 13.6 Å². The summed E-state index contributed by atoms with van der Waals surface area (Å²) in [6.07, 6.45) is 3.28. The van der Waals surface area contributed by atoms with Crippen LogP contribution in [0.1, 0.15) is 32.4 Å². The van der Waals surface area contributed by atoms with Crippen LogP contribution in [0.5, 0.6) is 0 Å². The Hall–Kier alpha value is -0.940. The Labute approximate surface area is 90.5 Å². The van der Waals surface area contributed by atoms with E-state index in [1.165, 1.54) is 0 Å². The normalized spacial score (nSPS) is 15.2. The fraction of sp³-hybridized carbons (Fsp3) is 0.800. The standard InChI is InChI=1S/C10H20N4O/c1-4-7-14-9(8-12-13-14)10(2,15)5-6-11-3/h8,11,15H,4-7H2,1-3H3. The monoisotopic (exact) mass is 212 g/mol. The number of aryl methyl sites for hydroxylation is 1. The summed E-state index contributed by atoms with van der Waals surface area (Å²) in [5.74, 6) is 0. The van der Waals surface area contributed by atoms with Crippen LogP contribution in [-0.4, -0.2) is 33.7 Å². The van der Waals surface area contributed by atoms with Gasteiger partial charge < -0.3 is 10.4 Å². The Morgan fingerprint density at radius 3 is 2.93 bits per heavy atom. The number of aliphatic hydroxyl groups is 1. The van der Waals surface area contributed by atoms with Crippen LogP contribution in [0.3, 0.4) is 0 Å². The first-order chi connectivity index (χ1) is 7.11. The minimum Gasteiger partial charge on any atom is -0.384 e. The molecule has 0 spiro atoms. The van der Waals surface area contributed by atoms with E-state index in [4.69, 9.17) is 0 Å². The molecule has 15 heavy (non-hydrogen) atoms. The van der Waals surface area contributed by atoms with Gasteiger partial charge in [-0.25, -0.2) is 4.68 Å². The molecule has 1 aromatic heterocycles. The molecular weight excluding hydrogens is 192 g/mol. The maximum Gasteiger partial charge on any atom is 0.106 e. The van der Waals surface area contributed by atoms with Gasteiger partial charge in [-0.2, -0.15) is 0 Å². The minimum atomic E-state index is -0.859. The van der Waals surface area contributed by atoms with Gasteiger partial charge in [0.1, 0.15) is 5.60 Å². The molecule has 5 heteroatoms. The Bertz CT molecular complexity index is 295. The van der Waals surface area contributed by atoms with Crippen LogP contribution in [-0.2, 0) is 12.1 Å². The van der Waals surface area contributed by atoms with Crippen LogP contribution in [0.4, 0.5) is 0 Å². The number of nitrogens with zero attached hydrogens (tertiary/aromatic N) is 3. The van der Waals surface area contributed by atoms with Crippen molar-refractivity contribution in [3.8, 4) is 0 Å². The van der Waals surface area contributed by atoms with Crippen LogP contribution in [0, 0.1) is 0 Å². The average Bonchev–Trinajstić information content (AvgIpc) is 2.64. The van der Waals surface area contributed by atoms with Crippen molar-refractivity contribution >= 4 is 0 Å². The van der Waals surface area contributed by atoms with Crippen molar-refractivity contribution in [3.05, 3.63) is 11.9 Å². The van der Waals surface area contributed by atoms with Crippen molar-refractivity contribution in [2.45, 2.75) is 38.8 Å². The summed E-state index contributed by atoms with van der Waals surface area (Å²) in [6, 6.07) is 0. The second kappa shape index (κ2) is 5.23. The molecular formula is C10H20N4O. The first-order valence-electron chi connectivity index (χ1n) is 5.37. The largest absolute Gasteiger partial charge is 0.384 e. The molecule has 2 N–H and O–H groups in total. The molecule has 1 aromatic rings. The molecule has 0 saturated heterocycles. The zero-order valence-corrected chi connectivity index (χ0v) is 9.69. The lowest BCUT2D eigenvalue weighted by atomic mass is 9.98. The molecule has 0 saturated carbocycles. The zero-order chi connectivity index (χ0) is 11.3. The third-order valence-corrected chi connectivity index (χ3v) is 2.47. The number of nitrogens with one attached hydrogen (secondary N) is 1. The van der Waals surface area contributed by atoms with Gasteiger partial charge in [0.15, 0.2) is 0 Å². The number of hydrogen-bond donors (Lipinski definition) is 2. The lowest BCUT2D eigenvalue weighted by Gasteiger charge is -2.23. The minimum absolute atomic E-state index is 0.653. The van der Waals surface area contributed by atoms with E-state index < -0.39 is 5.60 Å². The van der Waals surface area contributed by atoms with Crippen LogP contribution in [0.2, 0.25) is 0 Å². The Balaban J connectivity index is 2.78. The predicted octanol–water partition coefficient (Wildman–Crippen LogP) is 0.505. The summed E-state index contributed by atoms with van der Waals surface area (Å²) in [4.78, 5) is 0. The second-order valence-electron chi connectivity index (χ2n) is 3.97. The summed E-state index contributed by atoms with van der Waals surface area (Å²) >= 11 is 0. The molecule has 1 heterocycles. The topological polar surface area (TPSA) is 63.0 Å². The maximum absolute atomic E-state index is 10.3. The van der Waals surface area contributed by atoms with E-state index in [9.17, 15) is 5.11 Å². The molecule has 1 rings (SSSR count). The van der Waals surface area contributed by atoms with Gasteiger partial charge in [-0.05, 0) is 33.4 Å². The SMILES string of the molecule is CCCn1nncc1C(C)(O)CCNC. The lowest BCUT2D eigenvalue weighted by molar-refractivity contribution is 0.0390. The van der Waals surface area contributed by atoms with E-state index in [0.29, 0.717) is 6.42 Å². The van der Waals surface area contributed by atoms with E-state index in [1.807, 2.05) is 7.05 Å². The van der Waals surface area contributed by atoms with Gasteiger partial charge >= 0.3 is 0 Å². The van der Waals surface area contributed by atoms with Gasteiger partial charge in [-0.3, -0.25) is 0 Å². The van der Waals surface area contributed by atoms with Gasteiger partial charge in [-0.1, -0.05) is 12.1 Å². The van der Waals surface area contributed by atoms with Crippen LogP contribution >= 0.6 is 0 Å². The number of rotatable bonds is 6. The van der Waals surface area contributed by atoms with Gasteiger partial charge in [0.25, 0.3) is 0 Å². The summed E-state index contributed by atoms with van der Waals surface area (Å²) < 4.78 is 1.77. The molecule has 0 aliphatic rings. The van der Waals surface area contributed by atoms with E-state index in [-0.39, 0.29) is 0 Å². The quantitative estimate of drug-likeness (QED) is 0.721. The third-order valence-electron chi connectivity index (χ3n) is 2.47. The van der Waals surface area contributed by atoms with Crippen LogP contribution in [0.15, 0.2) is 6.20 Å². The molecule has 0 fully saturated rings. The van der Waals surface area contributed by atoms with E-state index in [0.717, 1.165) is 25.2 Å². The average molecular weight is 212 g/mol. The predicted molar refractivity (Wildman–Crippen MR) is 58.4 cm³/mol. The number of hydrogen-bond acceptors (Lipinski definition) is 4. The highest BCUT2D eigenvalue weighted by Crippen LogP contribution is 2.22. The number of aromatic nitrogens is 3. The lowest BCUT2D eigenvalue weighted by Crippen LogP contribution is -2.29. The molecule has 1 atom stereocenters. The summed E-state index contributed by atoms with van der Waals surface area (Å²) in [6.45, 7) is 5.44. The van der Waals surface area contributed by atoms with Crippen molar-refractivity contribution < 1.29 is 5.11 Å². The Morgan fingerprint density at radius 1 is 1.60 bits per heavy atom. The highest BCUT2D eigenvalue weighted by atomic mass is 16.3. The molecule has 0 radical (unpaired) electrons. The van der Waals surface area contributed by atoms with Gasteiger partial charge in [0.05, 0.1) is 11.9 Å². The fourth-order valence-electron chi connectivity index (χ4n) is 1.55. The highest BCUT2D eigenvalue weighted by molar-refractivity contribution is 5.06.